The van der Waals surface area contributed by atoms with Gasteiger partial charge in [-0.15, -0.1) is 0 Å². The van der Waals surface area contributed by atoms with Crippen LogP contribution in [0, 0.1) is 11.8 Å². The van der Waals surface area contributed by atoms with E-state index in [4.69, 9.17) is 0 Å². The molecule has 0 saturated heterocycles. The summed E-state index contributed by atoms with van der Waals surface area (Å²) in [6.07, 6.45) is 2.13. The molecule has 1 aromatic carbocycles. The Morgan fingerprint density at radius 3 is 2.78 bits per heavy atom. The van der Waals surface area contributed by atoms with Crippen molar-refractivity contribution in [2.75, 3.05) is 5.32 Å². The smallest absolute Gasteiger partial charge is 0.282 e. The average molecular weight is 373 g/mol. The first kappa shape index (κ1) is 18.1. The Morgan fingerprint density at radius 2 is 2.07 bits per heavy atom. The van der Waals surface area contributed by atoms with E-state index in [0.29, 0.717) is 23.7 Å². The van der Waals surface area contributed by atoms with Crippen LogP contribution in [-0.2, 0) is 7.05 Å². The molecule has 1 N–H and O–H groups in total. The molecule has 0 bridgehead atoms. The number of benzene rings is 1. The van der Waals surface area contributed by atoms with Crippen LogP contribution in [0.1, 0.15) is 78.6 Å². The zero-order valence-corrected chi connectivity index (χ0v) is 15.9. The lowest BCUT2D eigenvalue weighted by atomic mass is 9.81. The summed E-state index contributed by atoms with van der Waals surface area (Å²) in [7, 11) is 1.54. The van der Waals surface area contributed by atoms with Gasteiger partial charge in [-0.3, -0.25) is 9.48 Å². The summed E-state index contributed by atoms with van der Waals surface area (Å²) in [5, 5.41) is 6.65. The van der Waals surface area contributed by atoms with Gasteiger partial charge >= 0.3 is 0 Å². The maximum atomic E-state index is 13.2. The number of hydrogen-bond acceptors (Lipinski definition) is 2. The number of nitrogens with zero attached hydrogens (tertiary/aromatic N) is 2. The van der Waals surface area contributed by atoms with Crippen LogP contribution >= 0.6 is 0 Å². The van der Waals surface area contributed by atoms with Crippen LogP contribution in [0.3, 0.4) is 0 Å². The predicted octanol–water partition coefficient (Wildman–Crippen LogP) is 5.25. The molecule has 6 heteroatoms. The lowest BCUT2D eigenvalue weighted by Gasteiger charge is -2.23. The van der Waals surface area contributed by atoms with Gasteiger partial charge in [0.25, 0.3) is 12.3 Å². The van der Waals surface area contributed by atoms with Gasteiger partial charge in [-0.1, -0.05) is 32.4 Å². The van der Waals surface area contributed by atoms with Gasteiger partial charge in [0.2, 0.25) is 0 Å². The highest BCUT2D eigenvalue weighted by atomic mass is 19.3. The topological polar surface area (TPSA) is 46.9 Å². The number of nitrogens with one attached hydrogen (secondary N) is 1. The third-order valence-electron chi connectivity index (χ3n) is 6.18. The van der Waals surface area contributed by atoms with Crippen molar-refractivity contribution in [3.8, 4) is 0 Å². The first-order valence-electron chi connectivity index (χ1n) is 9.64. The van der Waals surface area contributed by atoms with E-state index in [1.165, 1.54) is 34.8 Å². The number of carbonyl (C=O) groups is 1. The fourth-order valence-corrected chi connectivity index (χ4v) is 5.29. The number of fused-ring (bicyclic) bond motifs is 3. The summed E-state index contributed by atoms with van der Waals surface area (Å²) in [4.78, 5) is 12.8. The van der Waals surface area contributed by atoms with Crippen LogP contribution in [0.2, 0.25) is 0 Å². The fourth-order valence-electron chi connectivity index (χ4n) is 5.29. The minimum Gasteiger partial charge on any atom is -0.322 e. The summed E-state index contributed by atoms with van der Waals surface area (Å²) >= 11 is 0. The second-order valence-electron chi connectivity index (χ2n) is 8.14. The molecule has 1 heterocycles. The van der Waals surface area contributed by atoms with E-state index in [-0.39, 0.29) is 5.56 Å². The maximum absolute atomic E-state index is 13.2. The van der Waals surface area contributed by atoms with Crippen molar-refractivity contribution in [1.82, 2.24) is 9.78 Å². The molecule has 3 atom stereocenters. The number of halogens is 2. The van der Waals surface area contributed by atoms with Crippen molar-refractivity contribution < 1.29 is 13.6 Å². The largest absolute Gasteiger partial charge is 0.322 e. The van der Waals surface area contributed by atoms with Gasteiger partial charge in [0.15, 0.2) is 0 Å². The van der Waals surface area contributed by atoms with E-state index >= 15 is 0 Å². The van der Waals surface area contributed by atoms with Crippen molar-refractivity contribution in [2.24, 2.45) is 18.9 Å². The molecule has 27 heavy (non-hydrogen) atoms. The van der Waals surface area contributed by atoms with Crippen molar-refractivity contribution in [1.29, 1.82) is 0 Å². The standard InChI is InChI=1S/C21H25F2N3O/c1-11(2)17-12-6-4-7-13(12)18-14(17)8-5-9-16(18)24-21(27)15-10-26(3)25-19(15)20(22)23/h5,8-13,17,20H,4,6-7H2,1-3H3,(H,24,27). The van der Waals surface area contributed by atoms with Gasteiger partial charge in [-0.2, -0.15) is 5.10 Å². The van der Waals surface area contributed by atoms with Gasteiger partial charge in [0.1, 0.15) is 5.69 Å². The number of anilines is 1. The maximum Gasteiger partial charge on any atom is 0.282 e. The van der Waals surface area contributed by atoms with E-state index in [0.717, 1.165) is 12.1 Å². The Kier molecular flexibility index (Phi) is 4.52. The zero-order valence-electron chi connectivity index (χ0n) is 15.9. The number of alkyl halides is 2. The fraction of sp³-hybridized carbons (Fsp3) is 0.524. The first-order chi connectivity index (χ1) is 12.9. The third-order valence-corrected chi connectivity index (χ3v) is 6.18. The average Bonchev–Trinajstić information content (AvgIpc) is 3.27. The van der Waals surface area contributed by atoms with Crippen LogP contribution in [0.25, 0.3) is 0 Å². The molecule has 2 aliphatic carbocycles. The molecule has 4 rings (SSSR count). The monoisotopic (exact) mass is 373 g/mol. The quantitative estimate of drug-likeness (QED) is 0.796. The summed E-state index contributed by atoms with van der Waals surface area (Å²) in [5.41, 5.74) is 2.77. The van der Waals surface area contributed by atoms with E-state index in [1.54, 1.807) is 7.05 Å². The molecule has 4 nitrogen and oxygen atoms in total. The highest BCUT2D eigenvalue weighted by molar-refractivity contribution is 6.05. The van der Waals surface area contributed by atoms with Gasteiger partial charge in [-0.05, 0) is 53.7 Å². The number of hydrogen-bond donors (Lipinski definition) is 1. The number of aryl methyl sites for hydroxylation is 1. The van der Waals surface area contributed by atoms with Crippen LogP contribution in [0.4, 0.5) is 14.5 Å². The van der Waals surface area contributed by atoms with Gasteiger partial charge in [0, 0.05) is 18.9 Å². The SMILES string of the molecule is CC(C)C1c2cccc(NC(=O)c3cn(C)nc3C(F)F)c2C2CCCC21. The number of aromatic nitrogens is 2. The molecule has 3 unspecified atom stereocenters. The van der Waals surface area contributed by atoms with Gasteiger partial charge in [0.05, 0.1) is 5.56 Å². The Balaban J connectivity index is 1.70. The lowest BCUT2D eigenvalue weighted by Crippen LogP contribution is -2.15. The highest BCUT2D eigenvalue weighted by Gasteiger charge is 2.45. The molecular formula is C21H25F2N3O. The van der Waals surface area contributed by atoms with Crippen LogP contribution in [0.5, 0.6) is 0 Å². The number of carbonyl (C=O) groups excluding carboxylic acids is 1. The van der Waals surface area contributed by atoms with Gasteiger partial charge in [-0.25, -0.2) is 8.78 Å². The molecule has 2 aromatic rings. The number of rotatable bonds is 4. The zero-order chi connectivity index (χ0) is 19.3. The summed E-state index contributed by atoms with van der Waals surface area (Å²) in [6.45, 7) is 4.51. The summed E-state index contributed by atoms with van der Waals surface area (Å²) < 4.78 is 27.7. The second-order valence-corrected chi connectivity index (χ2v) is 8.14. The van der Waals surface area contributed by atoms with Crippen molar-refractivity contribution in [3.05, 3.63) is 46.8 Å². The molecule has 1 fully saturated rings. The van der Waals surface area contributed by atoms with E-state index in [2.05, 4.69) is 30.3 Å². The Labute approximate surface area is 158 Å². The van der Waals surface area contributed by atoms with Crippen molar-refractivity contribution in [2.45, 2.75) is 51.4 Å². The van der Waals surface area contributed by atoms with E-state index in [9.17, 15) is 13.6 Å². The lowest BCUT2D eigenvalue weighted by molar-refractivity contribution is 0.101. The molecule has 2 aliphatic rings. The third kappa shape index (κ3) is 2.95. The van der Waals surface area contributed by atoms with Crippen LogP contribution in [0.15, 0.2) is 24.4 Å². The Bertz CT molecular complexity index is 874. The summed E-state index contributed by atoms with van der Waals surface area (Å²) in [6, 6.07) is 6.03. The predicted molar refractivity (Wildman–Crippen MR) is 100 cm³/mol. The van der Waals surface area contributed by atoms with E-state index in [1.807, 2.05) is 12.1 Å². The molecule has 0 spiro atoms. The first-order valence-corrected chi connectivity index (χ1v) is 9.64. The minimum atomic E-state index is -2.78. The Hall–Kier alpha value is -2.24. The van der Waals surface area contributed by atoms with E-state index < -0.39 is 18.0 Å². The second kappa shape index (κ2) is 6.73. The minimum absolute atomic E-state index is 0.0634. The Morgan fingerprint density at radius 1 is 1.30 bits per heavy atom. The summed E-state index contributed by atoms with van der Waals surface area (Å²) in [5.74, 6) is 1.58. The molecule has 1 amide bonds. The van der Waals surface area contributed by atoms with Crippen LogP contribution < -0.4 is 5.32 Å². The highest BCUT2D eigenvalue weighted by Crippen LogP contribution is 2.58. The van der Waals surface area contributed by atoms with Crippen molar-refractivity contribution >= 4 is 11.6 Å². The molecule has 144 valence electrons. The molecule has 1 saturated carbocycles. The molecular weight excluding hydrogens is 348 g/mol. The molecule has 0 radical (unpaired) electrons. The van der Waals surface area contributed by atoms with Crippen LogP contribution in [-0.4, -0.2) is 15.7 Å². The number of amides is 1. The van der Waals surface area contributed by atoms with Gasteiger partial charge < -0.3 is 5.32 Å². The van der Waals surface area contributed by atoms with Crippen molar-refractivity contribution in [3.63, 3.8) is 0 Å². The normalized spacial score (nSPS) is 23.7. The molecule has 1 aromatic heterocycles. The molecule has 0 aliphatic heterocycles.